The van der Waals surface area contributed by atoms with Crippen LogP contribution < -0.4 is 14.8 Å². The van der Waals surface area contributed by atoms with Crippen molar-refractivity contribution >= 4 is 11.6 Å². The van der Waals surface area contributed by atoms with Crippen LogP contribution in [0.1, 0.15) is 28.8 Å². The molecule has 0 aromatic heterocycles. The molecule has 1 N–H and O–H groups in total. The van der Waals surface area contributed by atoms with Crippen molar-refractivity contribution in [1.82, 2.24) is 5.32 Å². The summed E-state index contributed by atoms with van der Waals surface area (Å²) in [5.74, 6) is -0.0222. The number of amides is 1. The molecule has 0 radical (unpaired) electrons. The molecule has 1 aliphatic carbocycles. The number of hydrogen-bond acceptors (Lipinski definition) is 5. The molecule has 1 fully saturated rings. The average molecular weight is 356 g/mol. The minimum atomic E-state index is -0.596. The van der Waals surface area contributed by atoms with Gasteiger partial charge in [0.1, 0.15) is 5.56 Å². The van der Waals surface area contributed by atoms with Crippen LogP contribution >= 0.6 is 0 Å². The van der Waals surface area contributed by atoms with E-state index in [9.17, 15) is 14.9 Å². The molecule has 1 saturated carbocycles. The second-order valence-corrected chi connectivity index (χ2v) is 6.31. The molecule has 0 atom stereocenters. The van der Waals surface area contributed by atoms with Crippen LogP contribution in [0.3, 0.4) is 0 Å². The molecule has 0 aliphatic heterocycles. The van der Waals surface area contributed by atoms with Crippen molar-refractivity contribution in [2.45, 2.75) is 18.3 Å². The molecule has 3 rings (SSSR count). The smallest absolute Gasteiger partial charge is 0.286 e. The highest BCUT2D eigenvalue weighted by Gasteiger charge is 2.44. The van der Waals surface area contributed by atoms with Gasteiger partial charge in [-0.15, -0.1) is 0 Å². The third kappa shape index (κ3) is 3.33. The monoisotopic (exact) mass is 356 g/mol. The van der Waals surface area contributed by atoms with Crippen molar-refractivity contribution < 1.29 is 19.2 Å². The first-order valence-electron chi connectivity index (χ1n) is 8.25. The standard InChI is InChI=1S/C19H20N2O5/c1-25-16-10-14(15(21(23)24)11-17(16)26-2)18(22)20-12-19(8-9-19)13-6-4-3-5-7-13/h3-7,10-11H,8-9,12H2,1-2H3,(H,20,22). The first-order valence-corrected chi connectivity index (χ1v) is 8.25. The summed E-state index contributed by atoms with van der Waals surface area (Å²) >= 11 is 0. The first kappa shape index (κ1) is 17.7. The number of methoxy groups -OCH3 is 2. The maximum atomic E-state index is 12.6. The van der Waals surface area contributed by atoms with Gasteiger partial charge in [-0.1, -0.05) is 30.3 Å². The van der Waals surface area contributed by atoms with Crippen molar-refractivity contribution in [3.8, 4) is 11.5 Å². The highest BCUT2D eigenvalue weighted by atomic mass is 16.6. The number of carbonyl (C=O) groups is 1. The molecule has 1 aliphatic rings. The van der Waals surface area contributed by atoms with E-state index in [1.54, 1.807) is 0 Å². The fraction of sp³-hybridized carbons (Fsp3) is 0.316. The zero-order valence-corrected chi connectivity index (χ0v) is 14.7. The van der Waals surface area contributed by atoms with E-state index in [2.05, 4.69) is 5.32 Å². The summed E-state index contributed by atoms with van der Waals surface area (Å²) in [5.41, 5.74) is 0.728. The van der Waals surface area contributed by atoms with Gasteiger partial charge in [0.05, 0.1) is 25.2 Å². The molecular weight excluding hydrogens is 336 g/mol. The van der Waals surface area contributed by atoms with Crippen molar-refractivity contribution in [2.24, 2.45) is 0 Å². The minimum absolute atomic E-state index is 0.0449. The summed E-state index contributed by atoms with van der Waals surface area (Å²) in [6, 6.07) is 12.5. The fourth-order valence-electron chi connectivity index (χ4n) is 3.06. The summed E-state index contributed by atoms with van der Waals surface area (Å²) in [6.07, 6.45) is 1.96. The average Bonchev–Trinajstić information content (AvgIpc) is 3.46. The molecule has 2 aromatic rings. The Labute approximate surface area is 151 Å². The Balaban J connectivity index is 1.83. The maximum absolute atomic E-state index is 12.6. The van der Waals surface area contributed by atoms with Crippen molar-refractivity contribution in [2.75, 3.05) is 20.8 Å². The van der Waals surface area contributed by atoms with Crippen LogP contribution in [0.15, 0.2) is 42.5 Å². The molecule has 0 bridgehead atoms. The van der Waals surface area contributed by atoms with E-state index >= 15 is 0 Å². The zero-order valence-electron chi connectivity index (χ0n) is 14.7. The summed E-state index contributed by atoms with van der Waals surface area (Å²) in [6.45, 7) is 0.432. The van der Waals surface area contributed by atoms with E-state index in [1.807, 2.05) is 30.3 Å². The molecule has 0 heterocycles. The summed E-state index contributed by atoms with van der Waals surface area (Å²) in [4.78, 5) is 23.4. The molecule has 1 amide bonds. The van der Waals surface area contributed by atoms with Crippen LogP contribution in [0.5, 0.6) is 11.5 Å². The lowest BCUT2D eigenvalue weighted by Gasteiger charge is -2.17. The normalized spacial score (nSPS) is 14.4. The van der Waals surface area contributed by atoms with E-state index < -0.39 is 10.8 Å². The van der Waals surface area contributed by atoms with E-state index in [0.717, 1.165) is 12.8 Å². The number of nitrogens with zero attached hydrogens (tertiary/aromatic N) is 1. The van der Waals surface area contributed by atoms with Crippen molar-refractivity contribution in [3.05, 3.63) is 63.7 Å². The van der Waals surface area contributed by atoms with Gasteiger partial charge in [0.2, 0.25) is 0 Å². The molecule has 2 aromatic carbocycles. The quantitative estimate of drug-likeness (QED) is 0.608. The van der Waals surface area contributed by atoms with Gasteiger partial charge in [-0.2, -0.15) is 0 Å². The van der Waals surface area contributed by atoms with Gasteiger partial charge < -0.3 is 14.8 Å². The molecule has 0 saturated heterocycles. The lowest BCUT2D eigenvalue weighted by atomic mass is 9.96. The number of nitro groups is 1. The lowest BCUT2D eigenvalue weighted by molar-refractivity contribution is -0.385. The van der Waals surface area contributed by atoms with E-state index in [4.69, 9.17) is 9.47 Å². The highest BCUT2D eigenvalue weighted by molar-refractivity contribution is 5.99. The van der Waals surface area contributed by atoms with Crippen LogP contribution in [0.25, 0.3) is 0 Å². The van der Waals surface area contributed by atoms with Gasteiger partial charge in [0.25, 0.3) is 11.6 Å². The summed E-state index contributed by atoms with van der Waals surface area (Å²) in [7, 11) is 2.80. The number of nitro benzene ring substituents is 1. The van der Waals surface area contributed by atoms with E-state index in [-0.39, 0.29) is 28.2 Å². The van der Waals surface area contributed by atoms with Gasteiger partial charge in [-0.3, -0.25) is 14.9 Å². The van der Waals surface area contributed by atoms with Crippen LogP contribution in [0, 0.1) is 10.1 Å². The minimum Gasteiger partial charge on any atom is -0.493 e. The number of hydrogen-bond donors (Lipinski definition) is 1. The zero-order chi connectivity index (χ0) is 18.7. The number of ether oxygens (including phenoxy) is 2. The first-order chi connectivity index (χ1) is 12.5. The highest BCUT2D eigenvalue weighted by Crippen LogP contribution is 2.47. The number of carbonyl (C=O) groups excluding carboxylic acids is 1. The van der Waals surface area contributed by atoms with Gasteiger partial charge in [-0.25, -0.2) is 0 Å². The van der Waals surface area contributed by atoms with E-state index in [0.29, 0.717) is 6.54 Å². The lowest BCUT2D eigenvalue weighted by Crippen LogP contribution is -2.32. The Kier molecular flexibility index (Phi) is 4.79. The fourth-order valence-corrected chi connectivity index (χ4v) is 3.06. The van der Waals surface area contributed by atoms with Crippen molar-refractivity contribution in [3.63, 3.8) is 0 Å². The second kappa shape index (κ2) is 7.03. The predicted octanol–water partition coefficient (Wildman–Crippen LogP) is 3.07. The van der Waals surface area contributed by atoms with Crippen LogP contribution in [-0.2, 0) is 5.41 Å². The Morgan fingerprint density at radius 2 is 1.77 bits per heavy atom. The molecule has 136 valence electrons. The Morgan fingerprint density at radius 1 is 1.15 bits per heavy atom. The van der Waals surface area contributed by atoms with Gasteiger partial charge >= 0.3 is 0 Å². The van der Waals surface area contributed by atoms with Gasteiger partial charge in [0, 0.05) is 18.0 Å². The SMILES string of the molecule is COc1cc(C(=O)NCC2(c3ccccc3)CC2)c([N+](=O)[O-])cc1OC. The molecular formula is C19H20N2O5. The van der Waals surface area contributed by atoms with Gasteiger partial charge in [-0.05, 0) is 18.4 Å². The molecule has 26 heavy (non-hydrogen) atoms. The molecule has 0 unspecified atom stereocenters. The third-order valence-corrected chi connectivity index (χ3v) is 4.77. The topological polar surface area (TPSA) is 90.7 Å². The summed E-state index contributed by atoms with van der Waals surface area (Å²) < 4.78 is 10.2. The largest absolute Gasteiger partial charge is 0.493 e. The second-order valence-electron chi connectivity index (χ2n) is 6.31. The Morgan fingerprint density at radius 3 is 2.31 bits per heavy atom. The summed E-state index contributed by atoms with van der Waals surface area (Å²) in [5, 5.41) is 14.2. The van der Waals surface area contributed by atoms with Crippen LogP contribution in [0.2, 0.25) is 0 Å². The molecule has 0 spiro atoms. The molecule has 7 heteroatoms. The van der Waals surface area contributed by atoms with Crippen LogP contribution in [-0.4, -0.2) is 31.6 Å². The Hall–Kier alpha value is -3.09. The Bertz CT molecular complexity index is 831. The molecule has 7 nitrogen and oxygen atoms in total. The maximum Gasteiger partial charge on any atom is 0.286 e. The number of nitrogens with one attached hydrogen (secondary N) is 1. The van der Waals surface area contributed by atoms with Gasteiger partial charge in [0.15, 0.2) is 11.5 Å². The van der Waals surface area contributed by atoms with E-state index in [1.165, 1.54) is 31.9 Å². The van der Waals surface area contributed by atoms with Crippen LogP contribution in [0.4, 0.5) is 5.69 Å². The number of rotatable bonds is 7. The number of benzene rings is 2. The third-order valence-electron chi connectivity index (χ3n) is 4.77. The predicted molar refractivity (Wildman–Crippen MR) is 95.9 cm³/mol. The van der Waals surface area contributed by atoms with Crippen molar-refractivity contribution in [1.29, 1.82) is 0 Å².